The van der Waals surface area contributed by atoms with Crippen molar-refractivity contribution in [3.8, 4) is 0 Å². The molecule has 1 aromatic heterocycles. The van der Waals surface area contributed by atoms with Crippen molar-refractivity contribution in [1.29, 1.82) is 0 Å². The third-order valence-electron chi connectivity index (χ3n) is 0.988. The predicted molar refractivity (Wildman–Crippen MR) is 41.5 cm³/mol. The molecule has 0 spiro atoms. The van der Waals surface area contributed by atoms with Crippen molar-refractivity contribution < 1.29 is 4.79 Å². The summed E-state index contributed by atoms with van der Waals surface area (Å²) in [5.74, 6) is 0. The van der Waals surface area contributed by atoms with Crippen LogP contribution in [0.2, 0.25) is 0 Å². The number of aromatic nitrogens is 1. The highest BCUT2D eigenvalue weighted by atomic mass is 16.2. The Hall–Kier alpha value is -1.98. The lowest BCUT2D eigenvalue weighted by Gasteiger charge is -1.89. The van der Waals surface area contributed by atoms with Gasteiger partial charge < -0.3 is 5.73 Å². The van der Waals surface area contributed by atoms with Crippen molar-refractivity contribution in [2.45, 2.75) is 0 Å². The fourth-order valence-electron chi connectivity index (χ4n) is 0.543. The van der Waals surface area contributed by atoms with E-state index in [4.69, 9.17) is 5.73 Å². The highest BCUT2D eigenvalue weighted by Crippen LogP contribution is 2.07. The number of amides is 2. The summed E-state index contributed by atoms with van der Waals surface area (Å²) < 4.78 is 0. The van der Waals surface area contributed by atoms with Crippen LogP contribution in [0, 0.1) is 0 Å². The van der Waals surface area contributed by atoms with E-state index in [1.807, 2.05) is 5.43 Å². The first-order chi connectivity index (χ1) is 5.79. The average Bonchev–Trinajstić information content (AvgIpc) is 2.05. The second-order valence-corrected chi connectivity index (χ2v) is 1.88. The molecule has 6 heteroatoms. The van der Waals surface area contributed by atoms with Crippen LogP contribution in [0.15, 0.2) is 34.9 Å². The molecule has 0 saturated heterocycles. The summed E-state index contributed by atoms with van der Waals surface area (Å²) in [4.78, 5) is 13.9. The smallest absolute Gasteiger partial charge is 0.333 e. The number of hydrogen-bond donors (Lipinski definition) is 2. The van der Waals surface area contributed by atoms with E-state index in [0.29, 0.717) is 5.69 Å². The highest BCUT2D eigenvalue weighted by Gasteiger charge is 1.86. The number of nitrogens with zero attached hydrogens (tertiary/aromatic N) is 3. The zero-order chi connectivity index (χ0) is 8.81. The molecule has 1 heterocycles. The lowest BCUT2D eigenvalue weighted by Crippen LogP contribution is -2.23. The van der Waals surface area contributed by atoms with Gasteiger partial charge in [0.15, 0.2) is 0 Å². The Bertz CT molecular complexity index is 283. The second kappa shape index (κ2) is 4.02. The Labute approximate surface area is 68.5 Å². The predicted octanol–water partition coefficient (Wildman–Crippen LogP) is 0.749. The van der Waals surface area contributed by atoms with Gasteiger partial charge in [0.1, 0.15) is 0 Å². The van der Waals surface area contributed by atoms with Gasteiger partial charge in [0.2, 0.25) is 0 Å². The quantitative estimate of drug-likeness (QED) is 0.499. The summed E-state index contributed by atoms with van der Waals surface area (Å²) in [6.07, 6.45) is 3.14. The van der Waals surface area contributed by atoms with Gasteiger partial charge in [0.05, 0.1) is 5.69 Å². The van der Waals surface area contributed by atoms with Gasteiger partial charge in [-0.1, -0.05) is 5.22 Å². The van der Waals surface area contributed by atoms with Crippen molar-refractivity contribution in [2.75, 3.05) is 0 Å². The lowest BCUT2D eigenvalue weighted by atomic mass is 10.4. The van der Waals surface area contributed by atoms with Gasteiger partial charge in [-0.3, -0.25) is 4.98 Å². The van der Waals surface area contributed by atoms with Crippen LogP contribution in [0.5, 0.6) is 0 Å². The average molecular weight is 165 g/mol. The molecule has 0 aromatic carbocycles. The van der Waals surface area contributed by atoms with Crippen molar-refractivity contribution >= 4 is 11.7 Å². The summed E-state index contributed by atoms with van der Waals surface area (Å²) in [6.45, 7) is 0. The van der Waals surface area contributed by atoms with E-state index >= 15 is 0 Å². The zero-order valence-electron chi connectivity index (χ0n) is 6.14. The molecular weight excluding hydrogens is 158 g/mol. The number of carbonyl (C=O) groups excluding carboxylic acids is 1. The highest BCUT2D eigenvalue weighted by molar-refractivity contribution is 5.70. The molecule has 0 aliphatic rings. The summed E-state index contributed by atoms with van der Waals surface area (Å²) >= 11 is 0. The summed E-state index contributed by atoms with van der Waals surface area (Å²) in [7, 11) is 0. The van der Waals surface area contributed by atoms with Crippen molar-refractivity contribution in [3.63, 3.8) is 0 Å². The molecule has 6 nitrogen and oxygen atoms in total. The van der Waals surface area contributed by atoms with Gasteiger partial charge >= 0.3 is 6.03 Å². The number of pyridine rings is 1. The first-order valence-electron chi connectivity index (χ1n) is 3.15. The summed E-state index contributed by atoms with van der Waals surface area (Å²) in [5, 5.41) is 6.93. The molecule has 0 radical (unpaired) electrons. The molecule has 0 fully saturated rings. The van der Waals surface area contributed by atoms with Crippen LogP contribution in [0.25, 0.3) is 0 Å². The Morgan fingerprint density at radius 1 is 1.50 bits per heavy atom. The minimum absolute atomic E-state index is 0.596. The lowest BCUT2D eigenvalue weighted by molar-refractivity contribution is 0.249. The number of nitrogens with two attached hydrogens (primary N) is 1. The molecule has 12 heavy (non-hydrogen) atoms. The summed E-state index contributed by atoms with van der Waals surface area (Å²) in [5.41, 5.74) is 7.31. The van der Waals surface area contributed by atoms with Crippen molar-refractivity contribution in [3.05, 3.63) is 24.5 Å². The minimum Gasteiger partial charge on any atom is -0.350 e. The zero-order valence-corrected chi connectivity index (χ0v) is 6.14. The summed E-state index contributed by atoms with van der Waals surface area (Å²) in [6, 6.07) is 2.55. The maximum absolute atomic E-state index is 10.1. The minimum atomic E-state index is -0.743. The Kier molecular flexibility index (Phi) is 2.72. The first-order valence-corrected chi connectivity index (χ1v) is 3.15. The third-order valence-corrected chi connectivity index (χ3v) is 0.988. The fourth-order valence-corrected chi connectivity index (χ4v) is 0.543. The maximum Gasteiger partial charge on any atom is 0.333 e. The molecular formula is C6H7N5O. The van der Waals surface area contributed by atoms with Gasteiger partial charge in [0, 0.05) is 12.4 Å². The molecule has 0 aliphatic carbocycles. The normalized spacial score (nSPS) is 10.0. The Morgan fingerprint density at radius 3 is 2.75 bits per heavy atom. The molecule has 62 valence electrons. The van der Waals surface area contributed by atoms with Gasteiger partial charge in [-0.05, 0) is 12.1 Å². The van der Waals surface area contributed by atoms with E-state index in [9.17, 15) is 4.79 Å². The number of hydrogen-bond acceptors (Lipinski definition) is 4. The largest absolute Gasteiger partial charge is 0.350 e. The number of carbonyl (C=O) groups is 1. The SMILES string of the molecule is NC(=O)NN=Nc1ccncc1. The molecule has 0 bridgehead atoms. The number of primary amides is 1. The molecule has 0 atom stereocenters. The van der Waals surface area contributed by atoms with Crippen LogP contribution < -0.4 is 11.2 Å². The van der Waals surface area contributed by atoms with Gasteiger partial charge in [-0.2, -0.15) is 0 Å². The van der Waals surface area contributed by atoms with Crippen LogP contribution >= 0.6 is 0 Å². The van der Waals surface area contributed by atoms with Crippen LogP contribution in [-0.4, -0.2) is 11.0 Å². The maximum atomic E-state index is 10.1. The van der Waals surface area contributed by atoms with E-state index < -0.39 is 6.03 Å². The van der Waals surface area contributed by atoms with Crippen LogP contribution in [0.3, 0.4) is 0 Å². The molecule has 1 aromatic rings. The van der Waals surface area contributed by atoms with E-state index in [-0.39, 0.29) is 0 Å². The Balaban J connectivity index is 2.52. The molecule has 0 saturated carbocycles. The topological polar surface area (TPSA) is 92.7 Å². The Morgan fingerprint density at radius 2 is 2.17 bits per heavy atom. The van der Waals surface area contributed by atoms with E-state index in [1.165, 1.54) is 0 Å². The van der Waals surface area contributed by atoms with Crippen molar-refractivity contribution in [1.82, 2.24) is 10.4 Å². The monoisotopic (exact) mass is 165 g/mol. The standard InChI is InChI=1S/C6H7N5O/c7-6(12)10-11-9-5-1-3-8-4-2-5/h1-4H,(H3,7,8,9,10,12). The van der Waals surface area contributed by atoms with Crippen LogP contribution in [0.4, 0.5) is 10.5 Å². The van der Waals surface area contributed by atoms with Crippen LogP contribution in [0.1, 0.15) is 0 Å². The molecule has 0 unspecified atom stereocenters. The van der Waals surface area contributed by atoms with Gasteiger partial charge in [-0.25, -0.2) is 10.2 Å². The van der Waals surface area contributed by atoms with Crippen molar-refractivity contribution in [2.24, 2.45) is 16.1 Å². The van der Waals surface area contributed by atoms with E-state index in [1.54, 1.807) is 24.5 Å². The molecule has 3 N–H and O–H groups in total. The van der Waals surface area contributed by atoms with E-state index in [0.717, 1.165) is 0 Å². The second-order valence-electron chi connectivity index (χ2n) is 1.88. The van der Waals surface area contributed by atoms with Gasteiger partial charge in [-0.15, -0.1) is 5.11 Å². The number of urea groups is 1. The molecule has 0 aliphatic heterocycles. The number of nitrogens with one attached hydrogen (secondary N) is 1. The fraction of sp³-hybridized carbons (Fsp3) is 0. The first kappa shape index (κ1) is 8.12. The number of rotatable bonds is 2. The third kappa shape index (κ3) is 2.74. The van der Waals surface area contributed by atoms with E-state index in [2.05, 4.69) is 15.3 Å². The molecule has 2 amide bonds. The van der Waals surface area contributed by atoms with Gasteiger partial charge in [0.25, 0.3) is 0 Å². The van der Waals surface area contributed by atoms with Crippen LogP contribution in [-0.2, 0) is 0 Å². The molecule has 1 rings (SSSR count).